The van der Waals surface area contributed by atoms with E-state index < -0.39 is 36.0 Å². The molecule has 3 N–H and O–H groups in total. The second-order valence-electron chi connectivity index (χ2n) is 15.5. The number of nitrogens with one attached hydrogen (secondary N) is 1. The van der Waals surface area contributed by atoms with Crippen molar-refractivity contribution in [1.29, 1.82) is 0 Å². The molecule has 2 heterocycles. The maximum Gasteiger partial charge on any atom is 0.408 e. The highest BCUT2D eigenvalue weighted by atomic mass is 32.2. The van der Waals surface area contributed by atoms with Gasteiger partial charge in [0.2, 0.25) is 5.91 Å². The van der Waals surface area contributed by atoms with E-state index in [1.165, 1.54) is 43.9 Å². The number of ether oxygens (including phenoxy) is 3. The summed E-state index contributed by atoms with van der Waals surface area (Å²) < 4.78 is 18.7. The Kier molecular flexibility index (Phi) is 11.6. The highest BCUT2D eigenvalue weighted by Crippen LogP contribution is 2.56. The van der Waals surface area contributed by atoms with Gasteiger partial charge < -0.3 is 29.8 Å². The van der Waals surface area contributed by atoms with E-state index in [4.69, 9.17) is 32.2 Å². The van der Waals surface area contributed by atoms with Gasteiger partial charge in [-0.2, -0.15) is 0 Å². The fraction of sp³-hybridized carbons (Fsp3) is 0.525. The number of benzene rings is 1. The van der Waals surface area contributed by atoms with Gasteiger partial charge in [0.05, 0.1) is 36.3 Å². The standard InChI is InChI=1S/C40H48N4O7S2/c1-40(2,3)51-38(48)42-31(22-33(41)45)37(47)50-13-8-6-7-10-25-19-29(43(4)34(25)26-11-9-12-30(20-26)49-5)21-32-36(46)44(39(52)53-32)35-27-15-23-14-24(17-27)18-28(35)16-23/h9,11-12,19-21,23-24,27-28,31,35H,6,8,13-18,22H2,1-5H3,(H2,41,45)(H,42,48)/t23?,24?,27?,28?,31-,35?/m0/s1. The molecule has 4 aliphatic carbocycles. The Bertz CT molecular complexity index is 1860. The number of hydrogen-bond acceptors (Lipinski definition) is 9. The second kappa shape index (κ2) is 16.0. The summed E-state index contributed by atoms with van der Waals surface area (Å²) in [5.74, 6) is 8.34. The van der Waals surface area contributed by atoms with Crippen LogP contribution < -0.4 is 15.8 Å². The van der Waals surface area contributed by atoms with E-state index in [-0.39, 0.29) is 18.6 Å². The topological polar surface area (TPSA) is 142 Å². The SMILES string of the molecule is COc1cccc(-c2c(C#CCCCOC(=O)[C@H](CC(N)=O)NC(=O)OC(C)(C)C)cc(C=C3SC(=S)N(C4C5CC6CC(C5)CC4C6)C3=O)n2C)c1. The predicted molar refractivity (Wildman–Crippen MR) is 207 cm³/mol. The second-order valence-corrected chi connectivity index (χ2v) is 17.2. The summed E-state index contributed by atoms with van der Waals surface area (Å²) in [5.41, 5.74) is 7.87. The molecule has 0 radical (unpaired) electrons. The van der Waals surface area contributed by atoms with E-state index in [9.17, 15) is 19.2 Å². The number of esters is 1. The Labute approximate surface area is 320 Å². The quantitative estimate of drug-likeness (QED) is 0.0905. The molecule has 2 aromatic rings. The molecule has 11 nitrogen and oxygen atoms in total. The molecule has 0 unspecified atom stereocenters. The molecule has 0 spiro atoms. The number of thiocarbonyl (C=S) groups is 1. The molecule has 4 saturated carbocycles. The van der Waals surface area contributed by atoms with Crippen LogP contribution in [0.15, 0.2) is 35.2 Å². The van der Waals surface area contributed by atoms with Gasteiger partial charge in [0.1, 0.15) is 21.7 Å². The fourth-order valence-corrected chi connectivity index (χ4v) is 9.93. The molecule has 282 valence electrons. The number of thioether (sulfide) groups is 1. The van der Waals surface area contributed by atoms with Crippen LogP contribution in [0, 0.1) is 35.5 Å². The molecule has 1 aliphatic heterocycles. The van der Waals surface area contributed by atoms with E-state index in [0.29, 0.717) is 39.7 Å². The molecule has 1 atom stereocenters. The first kappa shape index (κ1) is 38.4. The summed E-state index contributed by atoms with van der Waals surface area (Å²) in [6.07, 6.45) is 7.66. The lowest BCUT2D eigenvalue weighted by Gasteiger charge is -2.56. The van der Waals surface area contributed by atoms with Crippen molar-refractivity contribution in [1.82, 2.24) is 14.8 Å². The molecular formula is C40H48N4O7S2. The average Bonchev–Trinajstić information content (AvgIpc) is 3.53. The first-order valence-electron chi connectivity index (χ1n) is 18.2. The normalized spacial score (nSPS) is 24.5. The Morgan fingerprint density at radius 2 is 1.81 bits per heavy atom. The molecule has 1 aromatic carbocycles. The number of unbranched alkanes of at least 4 members (excludes halogenated alkanes) is 1. The predicted octanol–water partition coefficient (Wildman–Crippen LogP) is 6.17. The third-order valence-electron chi connectivity index (χ3n) is 10.5. The van der Waals surface area contributed by atoms with Crippen molar-refractivity contribution >= 4 is 58.3 Å². The van der Waals surface area contributed by atoms with E-state index in [1.807, 2.05) is 52.9 Å². The van der Waals surface area contributed by atoms with Gasteiger partial charge in [-0.25, -0.2) is 9.59 Å². The number of hydrogen-bond donors (Lipinski definition) is 2. The van der Waals surface area contributed by atoms with Gasteiger partial charge in [-0.05, 0) is 107 Å². The van der Waals surface area contributed by atoms with Crippen molar-refractivity contribution in [3.8, 4) is 28.8 Å². The van der Waals surface area contributed by atoms with Gasteiger partial charge in [0, 0.05) is 30.8 Å². The number of amides is 3. The molecule has 5 aliphatic rings. The Morgan fingerprint density at radius 3 is 2.45 bits per heavy atom. The van der Waals surface area contributed by atoms with E-state index in [2.05, 4.69) is 17.2 Å². The van der Waals surface area contributed by atoms with Crippen molar-refractivity contribution < 1.29 is 33.4 Å². The van der Waals surface area contributed by atoms with Crippen molar-refractivity contribution in [3.63, 3.8) is 0 Å². The van der Waals surface area contributed by atoms with Crippen LogP contribution in [-0.4, -0.2) is 69.1 Å². The monoisotopic (exact) mass is 760 g/mol. The van der Waals surface area contributed by atoms with E-state index in [0.717, 1.165) is 34.4 Å². The van der Waals surface area contributed by atoms with Gasteiger partial charge in [-0.15, -0.1) is 0 Å². The lowest BCUT2D eigenvalue weighted by atomic mass is 9.54. The molecule has 53 heavy (non-hydrogen) atoms. The largest absolute Gasteiger partial charge is 0.497 e. The minimum Gasteiger partial charge on any atom is -0.497 e. The number of aromatic nitrogens is 1. The molecule has 1 saturated heterocycles. The average molecular weight is 761 g/mol. The van der Waals surface area contributed by atoms with Crippen LogP contribution in [0.4, 0.5) is 4.79 Å². The molecule has 1 aromatic heterocycles. The van der Waals surface area contributed by atoms with Crippen LogP contribution in [0.5, 0.6) is 5.75 Å². The molecule has 4 bridgehead atoms. The van der Waals surface area contributed by atoms with Crippen molar-refractivity contribution in [2.45, 2.75) is 89.8 Å². The number of carbonyl (C=O) groups excluding carboxylic acids is 4. The zero-order valence-corrected chi connectivity index (χ0v) is 32.6. The summed E-state index contributed by atoms with van der Waals surface area (Å²) in [6, 6.07) is 8.66. The Morgan fingerprint density at radius 1 is 1.11 bits per heavy atom. The highest BCUT2D eigenvalue weighted by molar-refractivity contribution is 8.26. The van der Waals surface area contributed by atoms with Crippen molar-refractivity contribution in [2.24, 2.45) is 36.5 Å². The molecule has 13 heteroatoms. The lowest BCUT2D eigenvalue weighted by molar-refractivity contribution is -0.147. The van der Waals surface area contributed by atoms with Crippen LogP contribution in [0.25, 0.3) is 17.3 Å². The summed E-state index contributed by atoms with van der Waals surface area (Å²) in [5, 5.41) is 2.36. The Hall–Kier alpha value is -4.28. The zero-order valence-electron chi connectivity index (χ0n) is 30.9. The molecular weight excluding hydrogens is 713 g/mol. The number of alkyl carbamates (subject to hydrolysis) is 1. The first-order chi connectivity index (χ1) is 25.2. The number of primary amides is 1. The molecule has 7 rings (SSSR count). The van der Waals surface area contributed by atoms with Gasteiger partial charge in [0.15, 0.2) is 0 Å². The van der Waals surface area contributed by atoms with Gasteiger partial charge in [-0.3, -0.25) is 14.5 Å². The smallest absolute Gasteiger partial charge is 0.408 e. The number of carbonyl (C=O) groups is 4. The fourth-order valence-electron chi connectivity index (χ4n) is 8.60. The number of rotatable bonds is 11. The number of methoxy groups -OCH3 is 1. The van der Waals surface area contributed by atoms with Gasteiger partial charge >= 0.3 is 12.1 Å². The van der Waals surface area contributed by atoms with Gasteiger partial charge in [0.25, 0.3) is 5.91 Å². The summed E-state index contributed by atoms with van der Waals surface area (Å²) >= 11 is 7.25. The first-order valence-corrected chi connectivity index (χ1v) is 19.5. The van der Waals surface area contributed by atoms with Crippen LogP contribution >= 0.6 is 24.0 Å². The van der Waals surface area contributed by atoms with Crippen LogP contribution in [0.2, 0.25) is 0 Å². The third kappa shape index (κ3) is 8.92. The van der Waals surface area contributed by atoms with Crippen molar-refractivity contribution in [2.75, 3.05) is 13.7 Å². The maximum atomic E-state index is 14.0. The van der Waals surface area contributed by atoms with E-state index in [1.54, 1.807) is 27.9 Å². The minimum absolute atomic E-state index is 0.00291. The van der Waals surface area contributed by atoms with Crippen LogP contribution in [0.1, 0.15) is 83.4 Å². The number of nitrogens with two attached hydrogens (primary N) is 1. The maximum absolute atomic E-state index is 14.0. The Balaban J connectivity index is 1.16. The summed E-state index contributed by atoms with van der Waals surface area (Å²) in [4.78, 5) is 53.0. The number of nitrogens with zero attached hydrogens (tertiary/aromatic N) is 2. The summed E-state index contributed by atoms with van der Waals surface area (Å²) in [6.45, 7) is 5.07. The lowest BCUT2D eigenvalue weighted by Crippen LogP contribution is -2.57. The van der Waals surface area contributed by atoms with E-state index >= 15 is 0 Å². The van der Waals surface area contributed by atoms with Crippen molar-refractivity contribution in [3.05, 3.63) is 46.5 Å². The molecule has 5 fully saturated rings. The van der Waals surface area contributed by atoms with Gasteiger partial charge in [-0.1, -0.05) is 48.0 Å². The highest BCUT2D eigenvalue weighted by Gasteiger charge is 2.53. The van der Waals surface area contributed by atoms with Crippen LogP contribution in [-0.2, 0) is 30.9 Å². The summed E-state index contributed by atoms with van der Waals surface area (Å²) in [7, 11) is 3.58. The zero-order chi connectivity index (χ0) is 38.0. The molecule has 3 amide bonds. The van der Waals surface area contributed by atoms with Crippen LogP contribution in [0.3, 0.4) is 0 Å². The third-order valence-corrected chi connectivity index (χ3v) is 11.8. The minimum atomic E-state index is -1.27.